The number of rotatable bonds is 2. The van der Waals surface area contributed by atoms with Crippen LogP contribution in [0.3, 0.4) is 0 Å². The van der Waals surface area contributed by atoms with Gasteiger partial charge >= 0.3 is 0 Å². The van der Waals surface area contributed by atoms with Gasteiger partial charge in [0.15, 0.2) is 9.84 Å². The fraction of sp³-hybridized carbons (Fsp3) is 0.143. The van der Waals surface area contributed by atoms with Crippen molar-refractivity contribution < 1.29 is 8.42 Å². The first-order valence-corrected chi connectivity index (χ1v) is 7.23. The zero-order valence-electron chi connectivity index (χ0n) is 9.84. The molecule has 0 amide bonds. The van der Waals surface area contributed by atoms with Gasteiger partial charge < -0.3 is 0 Å². The van der Waals surface area contributed by atoms with Crippen LogP contribution in [0.4, 0.5) is 0 Å². The largest absolute Gasteiger partial charge is 0.224 e. The fourth-order valence-electron chi connectivity index (χ4n) is 1.64. The molecule has 2 nitrogen and oxygen atoms in total. The molecular weight excluding hydrogens is 232 g/mol. The Morgan fingerprint density at radius 3 is 1.59 bits per heavy atom. The molecule has 0 bridgehead atoms. The molecule has 0 atom stereocenters. The van der Waals surface area contributed by atoms with Crippen molar-refractivity contribution in [3.63, 3.8) is 0 Å². The molecule has 0 saturated carbocycles. The van der Waals surface area contributed by atoms with E-state index in [2.05, 4.69) is 0 Å². The van der Waals surface area contributed by atoms with Crippen LogP contribution >= 0.6 is 0 Å². The summed E-state index contributed by atoms with van der Waals surface area (Å²) in [6.07, 6.45) is 1.22. The maximum Gasteiger partial charge on any atom is 0.175 e. The summed E-state index contributed by atoms with van der Waals surface area (Å²) in [5.41, 5.74) is 3.33. The van der Waals surface area contributed by atoms with Crippen LogP contribution in [0.1, 0.15) is 5.56 Å². The number of sulfone groups is 1. The summed E-state index contributed by atoms with van der Waals surface area (Å²) in [6, 6.07) is 15.1. The number of hydrogen-bond acceptors (Lipinski definition) is 2. The lowest BCUT2D eigenvalue weighted by molar-refractivity contribution is 0.602. The van der Waals surface area contributed by atoms with E-state index in [1.165, 1.54) is 11.8 Å². The van der Waals surface area contributed by atoms with Crippen molar-refractivity contribution >= 4 is 9.84 Å². The van der Waals surface area contributed by atoms with Crippen LogP contribution in [0, 0.1) is 6.92 Å². The van der Waals surface area contributed by atoms with Gasteiger partial charge in [-0.1, -0.05) is 42.0 Å². The average Bonchev–Trinajstić information content (AvgIpc) is 2.29. The molecule has 0 unspecified atom stereocenters. The summed E-state index contributed by atoms with van der Waals surface area (Å²) in [7, 11) is -3.11. The van der Waals surface area contributed by atoms with E-state index in [4.69, 9.17) is 0 Å². The Hall–Kier alpha value is -1.61. The SMILES string of the molecule is Cc1ccc(-c2ccc(S(C)(=O)=O)cc2)cc1. The van der Waals surface area contributed by atoms with Crippen LogP contribution in [0.5, 0.6) is 0 Å². The number of aryl methyl sites for hydroxylation is 1. The summed E-state index contributed by atoms with van der Waals surface area (Å²) < 4.78 is 22.7. The summed E-state index contributed by atoms with van der Waals surface area (Å²) in [6.45, 7) is 2.04. The second-order valence-electron chi connectivity index (χ2n) is 4.16. The second-order valence-corrected chi connectivity index (χ2v) is 6.18. The topological polar surface area (TPSA) is 34.1 Å². The lowest BCUT2D eigenvalue weighted by Crippen LogP contribution is -1.96. The van der Waals surface area contributed by atoms with Crippen molar-refractivity contribution in [3.05, 3.63) is 54.1 Å². The van der Waals surface area contributed by atoms with E-state index < -0.39 is 9.84 Å². The second kappa shape index (κ2) is 4.34. The molecule has 0 spiro atoms. The van der Waals surface area contributed by atoms with Gasteiger partial charge in [-0.25, -0.2) is 8.42 Å². The Labute approximate surface area is 102 Å². The van der Waals surface area contributed by atoms with E-state index in [-0.39, 0.29) is 0 Å². The van der Waals surface area contributed by atoms with Gasteiger partial charge in [0.25, 0.3) is 0 Å². The van der Waals surface area contributed by atoms with Gasteiger partial charge in [0.2, 0.25) is 0 Å². The molecule has 88 valence electrons. The molecule has 17 heavy (non-hydrogen) atoms. The average molecular weight is 246 g/mol. The molecular formula is C14H14O2S. The summed E-state index contributed by atoms with van der Waals surface area (Å²) in [5.74, 6) is 0. The van der Waals surface area contributed by atoms with Crippen LogP contribution in [-0.2, 0) is 9.84 Å². The van der Waals surface area contributed by atoms with E-state index in [0.717, 1.165) is 11.1 Å². The zero-order valence-corrected chi connectivity index (χ0v) is 10.7. The summed E-state index contributed by atoms with van der Waals surface area (Å²) >= 11 is 0. The van der Waals surface area contributed by atoms with Crippen molar-refractivity contribution in [3.8, 4) is 11.1 Å². The Kier molecular flexibility index (Phi) is 3.03. The van der Waals surface area contributed by atoms with E-state index in [9.17, 15) is 8.42 Å². The third-order valence-electron chi connectivity index (χ3n) is 2.67. The maximum absolute atomic E-state index is 11.3. The van der Waals surface area contributed by atoms with E-state index in [1.807, 2.05) is 43.3 Å². The predicted octanol–water partition coefficient (Wildman–Crippen LogP) is 3.07. The first-order chi connectivity index (χ1) is 7.97. The van der Waals surface area contributed by atoms with Crippen molar-refractivity contribution in [2.24, 2.45) is 0 Å². The maximum atomic E-state index is 11.3. The van der Waals surface area contributed by atoms with Crippen molar-refractivity contribution in [2.75, 3.05) is 6.26 Å². The molecule has 0 fully saturated rings. The molecule has 0 heterocycles. The fourth-order valence-corrected chi connectivity index (χ4v) is 2.27. The first-order valence-electron chi connectivity index (χ1n) is 5.34. The molecule has 0 radical (unpaired) electrons. The van der Waals surface area contributed by atoms with E-state index >= 15 is 0 Å². The minimum Gasteiger partial charge on any atom is -0.224 e. The Morgan fingerprint density at radius 1 is 0.765 bits per heavy atom. The van der Waals surface area contributed by atoms with Gasteiger partial charge in [0.05, 0.1) is 4.90 Å². The predicted molar refractivity (Wildman–Crippen MR) is 69.7 cm³/mol. The van der Waals surface area contributed by atoms with Crippen molar-refractivity contribution in [1.29, 1.82) is 0 Å². The van der Waals surface area contributed by atoms with Crippen molar-refractivity contribution in [2.45, 2.75) is 11.8 Å². The van der Waals surface area contributed by atoms with Gasteiger partial charge in [-0.05, 0) is 30.2 Å². The Morgan fingerprint density at radius 2 is 1.18 bits per heavy atom. The van der Waals surface area contributed by atoms with E-state index in [0.29, 0.717) is 4.90 Å². The molecule has 0 aliphatic carbocycles. The van der Waals surface area contributed by atoms with Crippen LogP contribution in [0.15, 0.2) is 53.4 Å². The van der Waals surface area contributed by atoms with Gasteiger partial charge in [0, 0.05) is 6.26 Å². The van der Waals surface area contributed by atoms with Gasteiger partial charge in [0.1, 0.15) is 0 Å². The lowest BCUT2D eigenvalue weighted by Gasteiger charge is -2.03. The molecule has 2 aromatic carbocycles. The molecule has 0 aliphatic rings. The minimum atomic E-state index is -3.11. The number of benzene rings is 2. The highest BCUT2D eigenvalue weighted by Crippen LogP contribution is 2.21. The standard InChI is InChI=1S/C14H14O2S/c1-11-3-5-12(6-4-11)13-7-9-14(10-8-13)17(2,15)16/h3-10H,1-2H3. The van der Waals surface area contributed by atoms with Gasteiger partial charge in [-0.15, -0.1) is 0 Å². The third kappa shape index (κ3) is 2.74. The lowest BCUT2D eigenvalue weighted by atomic mass is 10.0. The highest BCUT2D eigenvalue weighted by molar-refractivity contribution is 7.90. The summed E-state index contributed by atoms with van der Waals surface area (Å²) in [4.78, 5) is 0.355. The molecule has 0 aromatic heterocycles. The quantitative estimate of drug-likeness (QED) is 0.816. The highest BCUT2D eigenvalue weighted by atomic mass is 32.2. The highest BCUT2D eigenvalue weighted by Gasteiger charge is 2.06. The number of hydrogen-bond donors (Lipinski definition) is 0. The van der Waals surface area contributed by atoms with E-state index in [1.54, 1.807) is 12.1 Å². The van der Waals surface area contributed by atoms with Crippen LogP contribution in [0.25, 0.3) is 11.1 Å². The van der Waals surface area contributed by atoms with Crippen LogP contribution in [0.2, 0.25) is 0 Å². The minimum absolute atomic E-state index is 0.355. The zero-order chi connectivity index (χ0) is 12.5. The molecule has 2 aromatic rings. The molecule has 2 rings (SSSR count). The summed E-state index contributed by atoms with van der Waals surface area (Å²) in [5, 5.41) is 0. The van der Waals surface area contributed by atoms with Crippen LogP contribution < -0.4 is 0 Å². The smallest absolute Gasteiger partial charge is 0.175 e. The molecule has 0 saturated heterocycles. The first kappa shape index (κ1) is 11.9. The monoisotopic (exact) mass is 246 g/mol. The third-order valence-corrected chi connectivity index (χ3v) is 3.80. The van der Waals surface area contributed by atoms with Gasteiger partial charge in [-0.3, -0.25) is 0 Å². The molecule has 0 aliphatic heterocycles. The normalized spacial score (nSPS) is 11.4. The molecule has 3 heteroatoms. The Bertz CT molecular complexity index is 608. The molecule has 0 N–H and O–H groups in total. The van der Waals surface area contributed by atoms with Gasteiger partial charge in [-0.2, -0.15) is 0 Å². The van der Waals surface area contributed by atoms with Crippen molar-refractivity contribution in [1.82, 2.24) is 0 Å². The Balaban J connectivity index is 2.39. The van der Waals surface area contributed by atoms with Crippen LogP contribution in [-0.4, -0.2) is 14.7 Å².